The van der Waals surface area contributed by atoms with E-state index in [-0.39, 0.29) is 5.91 Å². The second kappa shape index (κ2) is 8.83. The van der Waals surface area contributed by atoms with Gasteiger partial charge in [0.1, 0.15) is 0 Å². The first-order chi connectivity index (χ1) is 16.0. The van der Waals surface area contributed by atoms with E-state index >= 15 is 0 Å². The summed E-state index contributed by atoms with van der Waals surface area (Å²) in [5.74, 6) is -0.314. The number of pyridine rings is 2. The Bertz CT molecular complexity index is 1280. The molecule has 2 N–H and O–H groups in total. The third-order valence-electron chi connectivity index (χ3n) is 6.11. The van der Waals surface area contributed by atoms with Crippen LogP contribution in [0.1, 0.15) is 35.3 Å². The summed E-state index contributed by atoms with van der Waals surface area (Å²) in [4.78, 5) is 23.4. The van der Waals surface area contributed by atoms with Crippen molar-refractivity contribution in [2.24, 2.45) is 0 Å². The van der Waals surface area contributed by atoms with Crippen molar-refractivity contribution in [3.63, 3.8) is 0 Å². The van der Waals surface area contributed by atoms with Crippen LogP contribution in [0.5, 0.6) is 0 Å². The van der Waals surface area contributed by atoms with Crippen LogP contribution in [0.4, 0.5) is 5.69 Å². The highest BCUT2D eigenvalue weighted by molar-refractivity contribution is 6.39. The van der Waals surface area contributed by atoms with Crippen LogP contribution in [0.15, 0.2) is 61.2 Å². The van der Waals surface area contributed by atoms with Crippen molar-refractivity contribution in [1.82, 2.24) is 25.1 Å². The number of anilines is 1. The molecule has 160 valence electrons. The highest BCUT2D eigenvalue weighted by Crippen LogP contribution is 2.30. The number of amides is 1. The Morgan fingerprint density at radius 3 is 2.64 bits per heavy atom. The molecule has 4 heterocycles. The fourth-order valence-electron chi connectivity index (χ4n) is 4.26. The lowest BCUT2D eigenvalue weighted by molar-refractivity contribution is 0.102. The fraction of sp³-hybridized carbons (Fsp3) is 0.250. The summed E-state index contributed by atoms with van der Waals surface area (Å²) >= 11 is 0. The SMILES string of the molecule is [B]C([B])(c1cncc(-c2ccc3[nH]nc(C(=O)Nc4cccnc4)c3c2)c1)N1CCCCC1. The van der Waals surface area contributed by atoms with Gasteiger partial charge in [-0.3, -0.25) is 19.9 Å². The van der Waals surface area contributed by atoms with Crippen LogP contribution in [-0.4, -0.2) is 59.8 Å². The van der Waals surface area contributed by atoms with Crippen LogP contribution < -0.4 is 5.32 Å². The Balaban J connectivity index is 1.46. The Kier molecular flexibility index (Phi) is 5.72. The molecule has 0 aliphatic carbocycles. The summed E-state index contributed by atoms with van der Waals surface area (Å²) in [5.41, 5.74) is 4.18. The van der Waals surface area contributed by atoms with Crippen molar-refractivity contribution >= 4 is 38.2 Å². The largest absolute Gasteiger partial charge is 0.319 e. The summed E-state index contributed by atoms with van der Waals surface area (Å²) in [6.07, 6.45) is 10.1. The smallest absolute Gasteiger partial charge is 0.276 e. The second-order valence-electron chi connectivity index (χ2n) is 8.36. The minimum absolute atomic E-state index is 0.306. The molecule has 4 radical (unpaired) electrons. The molecule has 3 aromatic heterocycles. The van der Waals surface area contributed by atoms with Gasteiger partial charge < -0.3 is 10.2 Å². The van der Waals surface area contributed by atoms with Gasteiger partial charge in [-0.2, -0.15) is 5.10 Å². The standard InChI is InChI=1S/C24H22B2N6O/c25-24(26,32-9-2-1-3-10-32)18-11-17(13-28-14-18)16-6-7-21-20(12-16)22(31-30-21)23(33)29-19-5-4-8-27-15-19/h4-8,11-15H,1-3,9-10H2,(H,29,33)(H,30,31). The van der Waals surface area contributed by atoms with Gasteiger partial charge in [-0.15, -0.1) is 0 Å². The number of hydrogen-bond acceptors (Lipinski definition) is 5. The molecule has 9 heteroatoms. The maximum absolute atomic E-state index is 12.8. The molecule has 0 unspecified atom stereocenters. The van der Waals surface area contributed by atoms with E-state index in [1.807, 2.05) is 24.3 Å². The van der Waals surface area contributed by atoms with E-state index < -0.39 is 5.34 Å². The van der Waals surface area contributed by atoms with E-state index in [1.165, 1.54) is 6.42 Å². The summed E-state index contributed by atoms with van der Waals surface area (Å²) in [7, 11) is 13.1. The number of fused-ring (bicyclic) bond motifs is 1. The molecule has 4 aromatic rings. The van der Waals surface area contributed by atoms with Crippen molar-refractivity contribution in [1.29, 1.82) is 0 Å². The molecule has 0 saturated carbocycles. The molecule has 1 aliphatic heterocycles. The number of carbonyl (C=O) groups is 1. The lowest BCUT2D eigenvalue weighted by Gasteiger charge is -2.42. The van der Waals surface area contributed by atoms with Crippen LogP contribution in [0.25, 0.3) is 22.0 Å². The molecule has 33 heavy (non-hydrogen) atoms. The first-order valence-electron chi connectivity index (χ1n) is 11.0. The Labute approximate surface area is 194 Å². The van der Waals surface area contributed by atoms with E-state index in [2.05, 4.69) is 30.4 Å². The van der Waals surface area contributed by atoms with Gasteiger partial charge in [0.2, 0.25) is 0 Å². The van der Waals surface area contributed by atoms with Crippen LogP contribution in [0, 0.1) is 0 Å². The maximum Gasteiger partial charge on any atom is 0.276 e. The Morgan fingerprint density at radius 2 is 1.85 bits per heavy atom. The molecule has 5 rings (SSSR count). The molecular weight excluding hydrogens is 410 g/mol. The van der Waals surface area contributed by atoms with E-state index in [0.717, 1.165) is 48.1 Å². The zero-order valence-corrected chi connectivity index (χ0v) is 18.2. The minimum atomic E-state index is -1.09. The van der Waals surface area contributed by atoms with Gasteiger partial charge in [-0.05, 0) is 72.7 Å². The molecule has 1 saturated heterocycles. The predicted octanol–water partition coefficient (Wildman–Crippen LogP) is 3.21. The highest BCUT2D eigenvalue weighted by atomic mass is 16.1. The topological polar surface area (TPSA) is 86.8 Å². The van der Waals surface area contributed by atoms with E-state index in [4.69, 9.17) is 15.7 Å². The summed E-state index contributed by atoms with van der Waals surface area (Å²) < 4.78 is 0. The fourth-order valence-corrected chi connectivity index (χ4v) is 4.26. The normalized spacial score (nSPS) is 14.9. The molecule has 1 aromatic carbocycles. The Morgan fingerprint density at radius 1 is 1.00 bits per heavy atom. The Hall–Kier alpha value is -3.45. The van der Waals surface area contributed by atoms with E-state index in [9.17, 15) is 4.79 Å². The third kappa shape index (κ3) is 4.28. The van der Waals surface area contributed by atoms with Crippen LogP contribution >= 0.6 is 0 Å². The first kappa shape index (κ1) is 21.4. The van der Waals surface area contributed by atoms with E-state index in [0.29, 0.717) is 16.8 Å². The van der Waals surface area contributed by atoms with Crippen molar-refractivity contribution < 1.29 is 4.79 Å². The number of carbonyl (C=O) groups excluding carboxylic acids is 1. The monoisotopic (exact) mass is 432 g/mol. The van der Waals surface area contributed by atoms with Gasteiger partial charge in [0.25, 0.3) is 5.91 Å². The lowest BCUT2D eigenvalue weighted by atomic mass is 9.56. The van der Waals surface area contributed by atoms with E-state index in [1.54, 1.807) is 36.9 Å². The number of nitrogens with zero attached hydrogens (tertiary/aromatic N) is 4. The third-order valence-corrected chi connectivity index (χ3v) is 6.11. The number of aromatic nitrogens is 4. The lowest BCUT2D eigenvalue weighted by Crippen LogP contribution is -2.49. The number of H-pyrrole nitrogens is 1. The predicted molar refractivity (Wildman–Crippen MR) is 130 cm³/mol. The molecule has 1 amide bonds. The number of rotatable bonds is 5. The van der Waals surface area contributed by atoms with Crippen LogP contribution in [0.2, 0.25) is 0 Å². The van der Waals surface area contributed by atoms with Crippen molar-refractivity contribution in [2.75, 3.05) is 18.4 Å². The zero-order chi connectivity index (χ0) is 22.8. The summed E-state index contributed by atoms with van der Waals surface area (Å²) in [5, 5.41) is 9.60. The number of piperidine rings is 1. The average Bonchev–Trinajstić information content (AvgIpc) is 3.29. The van der Waals surface area contributed by atoms with Gasteiger partial charge in [-0.1, -0.05) is 12.5 Å². The summed E-state index contributed by atoms with van der Waals surface area (Å²) in [6.45, 7) is 1.74. The number of hydrogen-bond donors (Lipinski definition) is 2. The van der Waals surface area contributed by atoms with Crippen molar-refractivity contribution in [3.8, 4) is 11.1 Å². The zero-order valence-electron chi connectivity index (χ0n) is 18.2. The number of nitrogens with one attached hydrogen (secondary N) is 2. The molecule has 0 spiro atoms. The average molecular weight is 432 g/mol. The van der Waals surface area contributed by atoms with Crippen molar-refractivity contribution in [2.45, 2.75) is 24.6 Å². The quantitative estimate of drug-likeness (QED) is 0.474. The van der Waals surface area contributed by atoms with Gasteiger partial charge in [0.15, 0.2) is 5.69 Å². The number of likely N-dealkylation sites (tertiary alicyclic amines) is 1. The molecule has 0 bridgehead atoms. The number of benzene rings is 1. The minimum Gasteiger partial charge on any atom is -0.319 e. The summed E-state index contributed by atoms with van der Waals surface area (Å²) in [6, 6.07) is 11.3. The van der Waals surface area contributed by atoms with Gasteiger partial charge in [0.05, 0.1) is 33.1 Å². The maximum atomic E-state index is 12.8. The van der Waals surface area contributed by atoms with Crippen LogP contribution in [0.3, 0.4) is 0 Å². The number of aromatic amines is 1. The second-order valence-corrected chi connectivity index (χ2v) is 8.36. The molecule has 1 aliphatic rings. The first-order valence-corrected chi connectivity index (χ1v) is 11.0. The van der Waals surface area contributed by atoms with Gasteiger partial charge >= 0.3 is 0 Å². The molecular formula is C24H22B2N6O. The van der Waals surface area contributed by atoms with Gasteiger partial charge in [-0.25, -0.2) is 0 Å². The highest BCUT2D eigenvalue weighted by Gasteiger charge is 2.29. The van der Waals surface area contributed by atoms with Crippen molar-refractivity contribution in [3.05, 3.63) is 72.4 Å². The van der Waals surface area contributed by atoms with Crippen LogP contribution in [-0.2, 0) is 5.34 Å². The molecule has 7 nitrogen and oxygen atoms in total. The molecule has 1 fully saturated rings. The van der Waals surface area contributed by atoms with Gasteiger partial charge in [0, 0.05) is 29.5 Å². The molecule has 0 atom stereocenters.